The van der Waals surface area contributed by atoms with E-state index in [4.69, 9.17) is 5.11 Å². The Bertz CT molecular complexity index is 271. The van der Waals surface area contributed by atoms with Gasteiger partial charge in [-0.1, -0.05) is 12.1 Å². The molecule has 12 heavy (non-hydrogen) atoms. The number of rotatable bonds is 3. The molecular formula is C8H8INO2. The second-order valence-electron chi connectivity index (χ2n) is 2.31. The van der Waals surface area contributed by atoms with E-state index in [2.05, 4.69) is 3.53 Å². The average molecular weight is 277 g/mol. The number of carboxylic acids is 1. The van der Waals surface area contributed by atoms with E-state index < -0.39 is 5.97 Å². The highest BCUT2D eigenvalue weighted by atomic mass is 127. The van der Waals surface area contributed by atoms with Gasteiger partial charge in [0.1, 0.15) is 0 Å². The van der Waals surface area contributed by atoms with E-state index in [0.717, 1.165) is 12.1 Å². The lowest BCUT2D eigenvalue weighted by Gasteiger charge is -1.98. The molecule has 64 valence electrons. The van der Waals surface area contributed by atoms with Crippen LogP contribution in [0.4, 0.5) is 0 Å². The Balaban J connectivity index is 2.78. The van der Waals surface area contributed by atoms with Crippen LogP contribution in [0.3, 0.4) is 0 Å². The highest BCUT2D eigenvalue weighted by Gasteiger charge is 2.00. The summed E-state index contributed by atoms with van der Waals surface area (Å²) in [5, 5.41) is 8.59. The Hall–Kier alpha value is -0.620. The SMILES string of the molecule is O=C(O)c1ccc(CNI)cc1. The van der Waals surface area contributed by atoms with Crippen LogP contribution in [0.1, 0.15) is 15.9 Å². The maximum absolute atomic E-state index is 10.5. The number of hydrogen-bond acceptors (Lipinski definition) is 2. The first-order chi connectivity index (χ1) is 5.74. The minimum atomic E-state index is -0.885. The van der Waals surface area contributed by atoms with Gasteiger partial charge in [-0.2, -0.15) is 0 Å². The van der Waals surface area contributed by atoms with E-state index in [-0.39, 0.29) is 0 Å². The Morgan fingerprint density at radius 3 is 2.42 bits per heavy atom. The summed E-state index contributed by atoms with van der Waals surface area (Å²) in [6.07, 6.45) is 0. The van der Waals surface area contributed by atoms with Crippen LogP contribution in [-0.4, -0.2) is 11.1 Å². The maximum atomic E-state index is 10.5. The maximum Gasteiger partial charge on any atom is 0.335 e. The summed E-state index contributed by atoms with van der Waals surface area (Å²) in [5.41, 5.74) is 1.40. The third-order valence-electron chi connectivity index (χ3n) is 1.47. The van der Waals surface area contributed by atoms with Crippen LogP contribution >= 0.6 is 22.9 Å². The zero-order valence-corrected chi connectivity index (χ0v) is 8.41. The summed E-state index contributed by atoms with van der Waals surface area (Å²) in [6.45, 7) is 0.750. The molecule has 0 aliphatic carbocycles. The van der Waals surface area contributed by atoms with E-state index in [1.165, 1.54) is 0 Å². The van der Waals surface area contributed by atoms with Gasteiger partial charge in [-0.3, -0.25) is 3.53 Å². The van der Waals surface area contributed by atoms with Crippen molar-refractivity contribution >= 4 is 28.8 Å². The molecule has 1 aromatic rings. The monoisotopic (exact) mass is 277 g/mol. The molecule has 0 aromatic heterocycles. The topological polar surface area (TPSA) is 49.3 Å². The minimum absolute atomic E-state index is 0.326. The molecule has 3 nitrogen and oxygen atoms in total. The molecule has 0 radical (unpaired) electrons. The molecule has 0 unspecified atom stereocenters. The number of carbonyl (C=O) groups is 1. The van der Waals surface area contributed by atoms with Crippen LogP contribution in [-0.2, 0) is 6.54 Å². The third kappa shape index (κ3) is 2.46. The zero-order valence-electron chi connectivity index (χ0n) is 6.25. The lowest BCUT2D eigenvalue weighted by atomic mass is 10.1. The first-order valence-electron chi connectivity index (χ1n) is 3.40. The van der Waals surface area contributed by atoms with Gasteiger partial charge < -0.3 is 5.11 Å². The zero-order chi connectivity index (χ0) is 8.97. The van der Waals surface area contributed by atoms with Crippen LogP contribution in [0, 0.1) is 0 Å². The molecule has 0 saturated heterocycles. The van der Waals surface area contributed by atoms with Crippen LogP contribution in [0.25, 0.3) is 0 Å². The molecular weight excluding hydrogens is 269 g/mol. The Morgan fingerprint density at radius 1 is 1.42 bits per heavy atom. The van der Waals surface area contributed by atoms with E-state index in [0.29, 0.717) is 5.56 Å². The molecule has 0 atom stereocenters. The van der Waals surface area contributed by atoms with Gasteiger partial charge in [0.05, 0.1) is 5.56 Å². The van der Waals surface area contributed by atoms with Gasteiger partial charge in [-0.05, 0) is 17.7 Å². The summed E-state index contributed by atoms with van der Waals surface area (Å²) in [4.78, 5) is 10.5. The fraction of sp³-hybridized carbons (Fsp3) is 0.125. The van der Waals surface area contributed by atoms with Gasteiger partial charge in [-0.15, -0.1) is 0 Å². The van der Waals surface area contributed by atoms with Crippen molar-refractivity contribution in [1.82, 2.24) is 3.53 Å². The number of carboxylic acid groups (broad SMARTS) is 1. The van der Waals surface area contributed by atoms with E-state index in [1.807, 2.05) is 22.9 Å². The van der Waals surface area contributed by atoms with Gasteiger partial charge in [-0.25, -0.2) is 4.79 Å². The second kappa shape index (κ2) is 4.42. The average Bonchev–Trinajstić information content (AvgIpc) is 2.06. The fourth-order valence-electron chi connectivity index (χ4n) is 0.842. The van der Waals surface area contributed by atoms with Crippen LogP contribution in [0.2, 0.25) is 0 Å². The molecule has 0 amide bonds. The third-order valence-corrected chi connectivity index (χ3v) is 1.85. The molecule has 0 fully saturated rings. The number of benzene rings is 1. The van der Waals surface area contributed by atoms with Gasteiger partial charge in [0.2, 0.25) is 0 Å². The first kappa shape index (κ1) is 9.47. The summed E-state index contributed by atoms with van der Waals surface area (Å²) < 4.78 is 2.96. The molecule has 1 aromatic carbocycles. The first-order valence-corrected chi connectivity index (χ1v) is 4.47. The normalized spacial score (nSPS) is 9.75. The van der Waals surface area contributed by atoms with E-state index in [9.17, 15) is 4.79 Å². The van der Waals surface area contributed by atoms with Crippen molar-refractivity contribution in [3.63, 3.8) is 0 Å². The van der Waals surface area contributed by atoms with Crippen molar-refractivity contribution in [3.05, 3.63) is 35.4 Å². The molecule has 0 saturated carbocycles. The summed E-state index contributed by atoms with van der Waals surface area (Å²) >= 11 is 2.05. The van der Waals surface area contributed by atoms with Gasteiger partial charge in [0.25, 0.3) is 0 Å². The summed E-state index contributed by atoms with van der Waals surface area (Å²) in [5.74, 6) is -0.885. The molecule has 2 N–H and O–H groups in total. The van der Waals surface area contributed by atoms with E-state index >= 15 is 0 Å². The lowest BCUT2D eigenvalue weighted by molar-refractivity contribution is 0.0697. The van der Waals surface area contributed by atoms with Gasteiger partial charge in [0.15, 0.2) is 0 Å². The molecule has 1 rings (SSSR count). The number of halogens is 1. The smallest absolute Gasteiger partial charge is 0.335 e. The molecule has 4 heteroatoms. The van der Waals surface area contributed by atoms with Crippen LogP contribution in [0.5, 0.6) is 0 Å². The van der Waals surface area contributed by atoms with E-state index in [1.54, 1.807) is 24.3 Å². The largest absolute Gasteiger partial charge is 0.478 e. The molecule has 0 spiro atoms. The highest BCUT2D eigenvalue weighted by molar-refractivity contribution is 14.1. The van der Waals surface area contributed by atoms with Crippen molar-refractivity contribution in [3.8, 4) is 0 Å². The molecule has 0 heterocycles. The number of aromatic carboxylic acids is 1. The predicted octanol–water partition coefficient (Wildman–Crippen LogP) is 1.82. The molecule has 0 aliphatic rings. The molecule has 0 aliphatic heterocycles. The summed E-state index contributed by atoms with van der Waals surface area (Å²) in [7, 11) is 0. The standard InChI is InChI=1S/C8H8INO2/c9-10-5-6-1-3-7(4-2-6)8(11)12/h1-4,10H,5H2,(H,11,12). The minimum Gasteiger partial charge on any atom is -0.478 e. The molecule has 0 bridgehead atoms. The Kier molecular flexibility index (Phi) is 3.48. The van der Waals surface area contributed by atoms with Crippen molar-refractivity contribution in [2.24, 2.45) is 0 Å². The Labute approximate surface area is 84.3 Å². The van der Waals surface area contributed by atoms with Crippen molar-refractivity contribution in [2.75, 3.05) is 0 Å². The lowest BCUT2D eigenvalue weighted by Crippen LogP contribution is -1.99. The number of nitrogens with one attached hydrogen (secondary N) is 1. The quantitative estimate of drug-likeness (QED) is 0.654. The van der Waals surface area contributed by atoms with Crippen LogP contribution < -0.4 is 3.53 Å². The van der Waals surface area contributed by atoms with Crippen molar-refractivity contribution < 1.29 is 9.90 Å². The van der Waals surface area contributed by atoms with Gasteiger partial charge in [0, 0.05) is 29.4 Å². The van der Waals surface area contributed by atoms with Crippen LogP contribution in [0.15, 0.2) is 24.3 Å². The predicted molar refractivity (Wildman–Crippen MR) is 54.3 cm³/mol. The summed E-state index contributed by atoms with van der Waals surface area (Å²) in [6, 6.07) is 6.81. The van der Waals surface area contributed by atoms with Crippen molar-refractivity contribution in [2.45, 2.75) is 6.54 Å². The second-order valence-corrected chi connectivity index (χ2v) is 3.08. The van der Waals surface area contributed by atoms with Crippen molar-refractivity contribution in [1.29, 1.82) is 0 Å². The Morgan fingerprint density at radius 2 is 2.00 bits per heavy atom. The van der Waals surface area contributed by atoms with Gasteiger partial charge >= 0.3 is 5.97 Å². The fourth-order valence-corrected chi connectivity index (χ4v) is 1.28. The highest BCUT2D eigenvalue weighted by Crippen LogP contribution is 2.04. The number of hydrogen-bond donors (Lipinski definition) is 2.